The van der Waals surface area contributed by atoms with E-state index < -0.39 is 0 Å². The van der Waals surface area contributed by atoms with Crippen LogP contribution in [0.15, 0.2) is 35.1 Å². The van der Waals surface area contributed by atoms with Gasteiger partial charge in [-0.15, -0.1) is 0 Å². The van der Waals surface area contributed by atoms with E-state index in [2.05, 4.69) is 26.3 Å². The van der Waals surface area contributed by atoms with Crippen LogP contribution in [0.3, 0.4) is 0 Å². The minimum Gasteiger partial charge on any atom is -0.316 e. The van der Waals surface area contributed by atoms with Crippen LogP contribution >= 0.6 is 27.5 Å². The van der Waals surface area contributed by atoms with E-state index in [1.165, 1.54) is 0 Å². The van der Waals surface area contributed by atoms with Gasteiger partial charge in [0.2, 0.25) is 0 Å². The molecule has 0 saturated heterocycles. The lowest BCUT2D eigenvalue weighted by molar-refractivity contribution is 0.789. The molecule has 0 amide bonds. The number of benzene rings is 1. The zero-order valence-corrected chi connectivity index (χ0v) is 11.1. The fourth-order valence-corrected chi connectivity index (χ4v) is 2.14. The third-order valence-electron chi connectivity index (χ3n) is 2.22. The second-order valence-corrected chi connectivity index (χ2v) is 4.70. The van der Waals surface area contributed by atoms with E-state index in [0.29, 0.717) is 5.02 Å². The fraction of sp³-hybridized carbons (Fsp3) is 0.182. The van der Waals surface area contributed by atoms with Gasteiger partial charge in [0.1, 0.15) is 0 Å². The lowest BCUT2D eigenvalue weighted by Gasteiger charge is -2.10. The molecule has 2 aromatic rings. The highest BCUT2D eigenvalue weighted by molar-refractivity contribution is 9.10. The Kier molecular flexibility index (Phi) is 3.63. The molecular weight excluding hydrogens is 289 g/mol. The Morgan fingerprint density at radius 2 is 2.31 bits per heavy atom. The van der Waals surface area contributed by atoms with Gasteiger partial charge in [-0.1, -0.05) is 23.7 Å². The second kappa shape index (κ2) is 4.99. The van der Waals surface area contributed by atoms with E-state index in [9.17, 15) is 0 Å². The molecule has 16 heavy (non-hydrogen) atoms. The molecule has 0 bridgehead atoms. The third kappa shape index (κ3) is 2.29. The number of aromatic nitrogens is 2. The average Bonchev–Trinajstić information content (AvgIpc) is 2.65. The van der Waals surface area contributed by atoms with Gasteiger partial charge in [0, 0.05) is 12.7 Å². The summed E-state index contributed by atoms with van der Waals surface area (Å²) in [5.74, 6) is 0. The Bertz CT molecular complexity index is 496. The molecule has 0 fully saturated rings. The standard InChI is InChI=1S/C11H11BrClN3/c1-14-5-8-3-2-4-10(13)11(8)16-7-9(12)6-15-16/h2-4,6-7,14H,5H2,1H3. The van der Waals surface area contributed by atoms with E-state index >= 15 is 0 Å². The summed E-state index contributed by atoms with van der Waals surface area (Å²) in [5.41, 5.74) is 2.04. The van der Waals surface area contributed by atoms with Gasteiger partial charge in [0.25, 0.3) is 0 Å². The van der Waals surface area contributed by atoms with E-state index in [-0.39, 0.29) is 0 Å². The van der Waals surface area contributed by atoms with Gasteiger partial charge in [0.15, 0.2) is 0 Å². The molecule has 84 valence electrons. The first-order valence-corrected chi connectivity index (χ1v) is 6.02. The summed E-state index contributed by atoms with van der Waals surface area (Å²) >= 11 is 9.58. The maximum atomic E-state index is 6.20. The zero-order chi connectivity index (χ0) is 11.5. The molecule has 0 atom stereocenters. The molecule has 0 aliphatic heterocycles. The largest absolute Gasteiger partial charge is 0.316 e. The minimum atomic E-state index is 0.698. The molecule has 5 heteroatoms. The SMILES string of the molecule is CNCc1cccc(Cl)c1-n1cc(Br)cn1. The van der Waals surface area contributed by atoms with Crippen LogP contribution in [0.4, 0.5) is 0 Å². The van der Waals surface area contributed by atoms with E-state index in [1.807, 2.05) is 31.4 Å². The smallest absolute Gasteiger partial charge is 0.0877 e. The van der Waals surface area contributed by atoms with Gasteiger partial charge < -0.3 is 5.32 Å². The second-order valence-electron chi connectivity index (χ2n) is 3.38. The Morgan fingerprint density at radius 1 is 1.50 bits per heavy atom. The van der Waals surface area contributed by atoms with Crippen molar-refractivity contribution in [3.8, 4) is 5.69 Å². The van der Waals surface area contributed by atoms with Crippen molar-refractivity contribution in [3.05, 3.63) is 45.7 Å². The molecule has 1 aromatic heterocycles. The lowest BCUT2D eigenvalue weighted by Crippen LogP contribution is -2.09. The van der Waals surface area contributed by atoms with Crippen LogP contribution in [0.2, 0.25) is 5.02 Å². The lowest BCUT2D eigenvalue weighted by atomic mass is 10.2. The molecular formula is C11H11BrClN3. The van der Waals surface area contributed by atoms with Crippen LogP contribution in [0.25, 0.3) is 5.69 Å². The summed E-state index contributed by atoms with van der Waals surface area (Å²) in [6, 6.07) is 5.84. The van der Waals surface area contributed by atoms with Crippen molar-refractivity contribution in [3.63, 3.8) is 0 Å². The molecule has 2 rings (SSSR count). The summed E-state index contributed by atoms with van der Waals surface area (Å²) in [6.07, 6.45) is 3.63. The van der Waals surface area contributed by atoms with E-state index in [1.54, 1.807) is 10.9 Å². The minimum absolute atomic E-state index is 0.698. The summed E-state index contributed by atoms with van der Waals surface area (Å²) in [5, 5.41) is 8.06. The van der Waals surface area contributed by atoms with Crippen molar-refractivity contribution in [2.45, 2.75) is 6.54 Å². The van der Waals surface area contributed by atoms with Crippen LogP contribution in [0, 0.1) is 0 Å². The van der Waals surface area contributed by atoms with Crippen molar-refractivity contribution in [1.82, 2.24) is 15.1 Å². The van der Waals surface area contributed by atoms with Crippen molar-refractivity contribution in [2.24, 2.45) is 0 Å². The topological polar surface area (TPSA) is 29.9 Å². The van der Waals surface area contributed by atoms with Gasteiger partial charge in [-0.3, -0.25) is 0 Å². The molecule has 0 saturated carbocycles. The molecule has 1 N–H and O–H groups in total. The maximum Gasteiger partial charge on any atom is 0.0877 e. The number of hydrogen-bond donors (Lipinski definition) is 1. The molecule has 0 radical (unpaired) electrons. The quantitative estimate of drug-likeness (QED) is 0.944. The van der Waals surface area contributed by atoms with Gasteiger partial charge in [0.05, 0.1) is 21.4 Å². The van der Waals surface area contributed by atoms with Crippen molar-refractivity contribution in [2.75, 3.05) is 7.05 Å². The predicted molar refractivity (Wildman–Crippen MR) is 69.0 cm³/mol. The highest BCUT2D eigenvalue weighted by atomic mass is 79.9. The van der Waals surface area contributed by atoms with Crippen LogP contribution in [0.1, 0.15) is 5.56 Å². The molecule has 3 nitrogen and oxygen atoms in total. The van der Waals surface area contributed by atoms with Crippen molar-refractivity contribution in [1.29, 1.82) is 0 Å². The monoisotopic (exact) mass is 299 g/mol. The van der Waals surface area contributed by atoms with Gasteiger partial charge in [-0.25, -0.2) is 4.68 Å². The highest BCUT2D eigenvalue weighted by Crippen LogP contribution is 2.25. The van der Waals surface area contributed by atoms with E-state index in [4.69, 9.17) is 11.6 Å². The molecule has 0 aliphatic carbocycles. The summed E-state index contributed by atoms with van der Waals surface area (Å²) < 4.78 is 2.71. The summed E-state index contributed by atoms with van der Waals surface area (Å²) in [4.78, 5) is 0. The zero-order valence-electron chi connectivity index (χ0n) is 8.74. The van der Waals surface area contributed by atoms with Crippen LogP contribution in [-0.4, -0.2) is 16.8 Å². The van der Waals surface area contributed by atoms with Gasteiger partial charge in [-0.05, 0) is 34.6 Å². The number of nitrogens with one attached hydrogen (secondary N) is 1. The number of halogens is 2. The first-order valence-electron chi connectivity index (χ1n) is 4.85. The molecule has 0 unspecified atom stereocenters. The first-order chi connectivity index (χ1) is 7.72. The number of para-hydroxylation sites is 1. The number of rotatable bonds is 3. The third-order valence-corrected chi connectivity index (χ3v) is 2.93. The van der Waals surface area contributed by atoms with Gasteiger partial charge >= 0.3 is 0 Å². The molecule has 0 aliphatic rings. The Hall–Kier alpha value is -0.840. The number of hydrogen-bond acceptors (Lipinski definition) is 2. The molecule has 1 heterocycles. The predicted octanol–water partition coefficient (Wildman–Crippen LogP) is 3.01. The Balaban J connectivity index is 2.53. The van der Waals surface area contributed by atoms with Crippen molar-refractivity contribution < 1.29 is 0 Å². The normalized spacial score (nSPS) is 10.7. The Labute approximate surface area is 108 Å². The maximum absolute atomic E-state index is 6.20. The highest BCUT2D eigenvalue weighted by Gasteiger charge is 2.09. The Morgan fingerprint density at radius 3 is 2.94 bits per heavy atom. The van der Waals surface area contributed by atoms with Crippen molar-refractivity contribution >= 4 is 27.5 Å². The number of nitrogens with zero attached hydrogens (tertiary/aromatic N) is 2. The summed E-state index contributed by atoms with van der Waals surface area (Å²) in [6.45, 7) is 0.757. The van der Waals surface area contributed by atoms with Crippen LogP contribution < -0.4 is 5.32 Å². The average molecular weight is 301 g/mol. The van der Waals surface area contributed by atoms with Crippen LogP contribution in [0.5, 0.6) is 0 Å². The molecule has 1 aromatic carbocycles. The van der Waals surface area contributed by atoms with Gasteiger partial charge in [-0.2, -0.15) is 5.10 Å². The molecule has 0 spiro atoms. The van der Waals surface area contributed by atoms with E-state index in [0.717, 1.165) is 22.3 Å². The van der Waals surface area contributed by atoms with Crippen LogP contribution in [-0.2, 0) is 6.54 Å². The first kappa shape index (κ1) is 11.6. The summed E-state index contributed by atoms with van der Waals surface area (Å²) in [7, 11) is 1.91. The fourth-order valence-electron chi connectivity index (χ4n) is 1.57.